The molecule has 1 fully saturated rings. The normalized spacial score (nSPS) is 14.9. The molecule has 1 aliphatic heterocycles. The van der Waals surface area contributed by atoms with Crippen LogP contribution in [0.1, 0.15) is 27.8 Å². The number of amides is 4. The smallest absolute Gasteiger partial charge is 0.335 e. The molecule has 0 saturated carbocycles. The zero-order chi connectivity index (χ0) is 25.3. The highest BCUT2D eigenvalue weighted by Crippen LogP contribution is 2.30. The first-order valence-corrected chi connectivity index (χ1v) is 11.6. The van der Waals surface area contributed by atoms with Crippen molar-refractivity contribution in [3.05, 3.63) is 98.0 Å². The number of carbonyl (C=O) groups excluding carboxylic acids is 3. The van der Waals surface area contributed by atoms with Crippen LogP contribution in [0, 0.1) is 20.8 Å². The number of urea groups is 1. The topological polar surface area (TPSA) is 75.7 Å². The Kier molecular flexibility index (Phi) is 6.96. The number of nitrogens with zero attached hydrogens (tertiary/aromatic N) is 1. The van der Waals surface area contributed by atoms with Crippen LogP contribution in [0.4, 0.5) is 10.5 Å². The van der Waals surface area contributed by atoms with Gasteiger partial charge in [-0.2, -0.15) is 0 Å². The molecule has 1 aliphatic rings. The predicted octanol–water partition coefficient (Wildman–Crippen LogP) is 6.16. The van der Waals surface area contributed by atoms with Crippen molar-refractivity contribution in [2.45, 2.75) is 27.4 Å². The molecule has 0 atom stereocenters. The van der Waals surface area contributed by atoms with Gasteiger partial charge >= 0.3 is 6.03 Å². The Morgan fingerprint density at radius 1 is 0.857 bits per heavy atom. The molecule has 178 valence electrons. The van der Waals surface area contributed by atoms with Crippen LogP contribution in [-0.2, 0) is 16.2 Å². The summed E-state index contributed by atoms with van der Waals surface area (Å²) in [6.45, 7) is 6.08. The van der Waals surface area contributed by atoms with Crippen LogP contribution in [0.3, 0.4) is 0 Å². The Bertz CT molecular complexity index is 1400. The second kappa shape index (κ2) is 9.94. The van der Waals surface area contributed by atoms with Crippen LogP contribution in [0.2, 0.25) is 10.0 Å². The Balaban J connectivity index is 1.69. The minimum absolute atomic E-state index is 0.234. The van der Waals surface area contributed by atoms with Crippen molar-refractivity contribution >= 4 is 52.8 Å². The molecule has 4 rings (SSSR count). The van der Waals surface area contributed by atoms with Crippen LogP contribution >= 0.6 is 23.2 Å². The van der Waals surface area contributed by atoms with E-state index in [4.69, 9.17) is 27.9 Å². The van der Waals surface area contributed by atoms with Gasteiger partial charge in [-0.1, -0.05) is 47.5 Å². The molecule has 1 N–H and O–H groups in total. The molecule has 8 heteroatoms. The van der Waals surface area contributed by atoms with Gasteiger partial charge in [0.1, 0.15) is 17.9 Å². The van der Waals surface area contributed by atoms with E-state index >= 15 is 0 Å². The highest BCUT2D eigenvalue weighted by Gasteiger charge is 2.37. The van der Waals surface area contributed by atoms with E-state index in [9.17, 15) is 14.4 Å². The fraction of sp³-hybridized carbons (Fsp3) is 0.148. The summed E-state index contributed by atoms with van der Waals surface area (Å²) in [4.78, 5) is 39.4. The van der Waals surface area contributed by atoms with E-state index < -0.39 is 17.8 Å². The Morgan fingerprint density at radius 3 is 2.29 bits per heavy atom. The number of halogens is 2. The van der Waals surface area contributed by atoms with E-state index in [1.807, 2.05) is 32.0 Å². The maximum Gasteiger partial charge on any atom is 0.335 e. The van der Waals surface area contributed by atoms with Crippen molar-refractivity contribution in [1.29, 1.82) is 0 Å². The number of benzene rings is 3. The number of anilines is 1. The van der Waals surface area contributed by atoms with Gasteiger partial charge in [-0.3, -0.25) is 14.9 Å². The van der Waals surface area contributed by atoms with E-state index in [2.05, 4.69) is 5.32 Å². The third-order valence-corrected chi connectivity index (χ3v) is 6.22. The molecule has 1 saturated heterocycles. The number of barbiturate groups is 1. The fourth-order valence-electron chi connectivity index (χ4n) is 3.67. The predicted molar refractivity (Wildman–Crippen MR) is 137 cm³/mol. The van der Waals surface area contributed by atoms with Gasteiger partial charge in [0.15, 0.2) is 0 Å². The Labute approximate surface area is 213 Å². The number of nitrogens with one attached hydrogen (secondary N) is 1. The molecule has 0 unspecified atom stereocenters. The van der Waals surface area contributed by atoms with Crippen molar-refractivity contribution in [2.24, 2.45) is 0 Å². The molecular formula is C27H22Cl2N2O4. The molecular weight excluding hydrogens is 487 g/mol. The second-order valence-electron chi connectivity index (χ2n) is 8.28. The maximum atomic E-state index is 13.3. The number of ether oxygens (including phenoxy) is 1. The summed E-state index contributed by atoms with van der Waals surface area (Å²) < 4.78 is 6.01. The monoisotopic (exact) mass is 508 g/mol. The Hall–Kier alpha value is -3.61. The highest BCUT2D eigenvalue weighted by molar-refractivity contribution is 6.40. The third-order valence-electron chi connectivity index (χ3n) is 5.75. The van der Waals surface area contributed by atoms with Crippen LogP contribution in [0.5, 0.6) is 5.75 Å². The largest absolute Gasteiger partial charge is 0.488 e. The number of rotatable bonds is 5. The van der Waals surface area contributed by atoms with Crippen molar-refractivity contribution in [3.8, 4) is 5.75 Å². The van der Waals surface area contributed by atoms with Gasteiger partial charge in [0.2, 0.25) is 0 Å². The average molecular weight is 509 g/mol. The van der Waals surface area contributed by atoms with Gasteiger partial charge in [0, 0.05) is 15.6 Å². The molecule has 3 aromatic carbocycles. The maximum absolute atomic E-state index is 13.3. The molecule has 4 amide bonds. The van der Waals surface area contributed by atoms with Crippen molar-refractivity contribution in [3.63, 3.8) is 0 Å². The van der Waals surface area contributed by atoms with Gasteiger partial charge in [-0.15, -0.1) is 0 Å². The first-order chi connectivity index (χ1) is 16.6. The van der Waals surface area contributed by atoms with E-state index in [0.29, 0.717) is 26.9 Å². The average Bonchev–Trinajstić information content (AvgIpc) is 2.80. The van der Waals surface area contributed by atoms with E-state index in [0.717, 1.165) is 16.0 Å². The van der Waals surface area contributed by atoms with Crippen LogP contribution < -0.4 is 15.0 Å². The summed E-state index contributed by atoms with van der Waals surface area (Å²) >= 11 is 12.3. The van der Waals surface area contributed by atoms with Gasteiger partial charge < -0.3 is 4.74 Å². The molecule has 1 heterocycles. The van der Waals surface area contributed by atoms with Gasteiger partial charge in [-0.25, -0.2) is 9.69 Å². The molecule has 0 radical (unpaired) electrons. The molecule has 0 aliphatic carbocycles. The summed E-state index contributed by atoms with van der Waals surface area (Å²) in [5, 5.41) is 2.97. The van der Waals surface area contributed by atoms with Gasteiger partial charge in [-0.05, 0) is 79.4 Å². The summed E-state index contributed by atoms with van der Waals surface area (Å²) in [5.74, 6) is -1.15. The quantitative estimate of drug-likeness (QED) is 0.330. The number of aryl methyl sites for hydroxylation is 3. The Morgan fingerprint density at radius 2 is 1.54 bits per heavy atom. The fourth-order valence-corrected chi connectivity index (χ4v) is 4.02. The SMILES string of the molecule is Cc1ccc(COc2ccc(Cl)cc2/C=C2\C(=O)NC(=O)N(c3cc(Cl)ccc3C)C2=O)cc1C. The van der Waals surface area contributed by atoms with E-state index in [1.54, 1.807) is 37.3 Å². The van der Waals surface area contributed by atoms with Crippen molar-refractivity contribution < 1.29 is 19.1 Å². The second-order valence-corrected chi connectivity index (χ2v) is 9.15. The van der Waals surface area contributed by atoms with Crippen molar-refractivity contribution in [2.75, 3.05) is 4.90 Å². The molecule has 6 nitrogen and oxygen atoms in total. The van der Waals surface area contributed by atoms with Crippen LogP contribution in [0.15, 0.2) is 60.2 Å². The van der Waals surface area contributed by atoms with Gasteiger partial charge in [0.05, 0.1) is 5.69 Å². The minimum Gasteiger partial charge on any atom is -0.488 e. The van der Waals surface area contributed by atoms with Crippen LogP contribution in [-0.4, -0.2) is 17.8 Å². The number of imide groups is 2. The zero-order valence-electron chi connectivity index (χ0n) is 19.3. The standard InChI is InChI=1S/C27H22Cl2N2O4/c1-15-4-6-18(10-17(15)3)14-35-24-9-8-20(28)11-19(24)12-22-25(32)30-27(34)31(26(22)33)23-13-21(29)7-5-16(23)2/h4-13H,14H2,1-3H3,(H,30,32,34)/b22-12+. The lowest BCUT2D eigenvalue weighted by atomic mass is 10.0. The summed E-state index contributed by atoms with van der Waals surface area (Å²) in [5.41, 5.74) is 4.43. The number of carbonyl (C=O) groups is 3. The molecule has 35 heavy (non-hydrogen) atoms. The molecule has 0 aromatic heterocycles. The van der Waals surface area contributed by atoms with Gasteiger partial charge in [0.25, 0.3) is 11.8 Å². The highest BCUT2D eigenvalue weighted by atomic mass is 35.5. The summed E-state index contributed by atoms with van der Waals surface area (Å²) in [6, 6.07) is 15.0. The van der Waals surface area contributed by atoms with Crippen molar-refractivity contribution in [1.82, 2.24) is 5.32 Å². The lowest BCUT2D eigenvalue weighted by molar-refractivity contribution is -0.122. The third kappa shape index (κ3) is 5.24. The summed E-state index contributed by atoms with van der Waals surface area (Å²) in [6.07, 6.45) is 1.37. The first-order valence-electron chi connectivity index (χ1n) is 10.8. The minimum atomic E-state index is -0.847. The lowest BCUT2D eigenvalue weighted by Gasteiger charge is -2.27. The molecule has 3 aromatic rings. The van der Waals surface area contributed by atoms with Crippen LogP contribution in [0.25, 0.3) is 6.08 Å². The summed E-state index contributed by atoms with van der Waals surface area (Å²) in [7, 11) is 0. The zero-order valence-corrected chi connectivity index (χ0v) is 20.8. The van der Waals surface area contributed by atoms with E-state index in [1.165, 1.54) is 17.7 Å². The molecule has 0 spiro atoms. The number of hydrogen-bond acceptors (Lipinski definition) is 4. The molecule has 0 bridgehead atoms. The number of hydrogen-bond donors (Lipinski definition) is 1. The first kappa shape index (κ1) is 24.5. The lowest BCUT2D eigenvalue weighted by Crippen LogP contribution is -2.54. The van der Waals surface area contributed by atoms with E-state index in [-0.39, 0.29) is 17.9 Å².